The third-order valence-electron chi connectivity index (χ3n) is 6.02. The molecular formula is C33H62N2O3. The van der Waals surface area contributed by atoms with E-state index in [-0.39, 0.29) is 22.9 Å². The normalized spacial score (nSPS) is 12.9. The van der Waals surface area contributed by atoms with E-state index in [1.807, 2.05) is 6.92 Å². The van der Waals surface area contributed by atoms with Crippen LogP contribution in [0.15, 0.2) is 11.8 Å². The molecular weight excluding hydrogens is 472 g/mol. The number of Topliss-reactive ketones (excluding diaryl/α,β-unsaturated/α-hetero) is 1. The minimum Gasteiger partial charge on any atom is -0.394 e. The van der Waals surface area contributed by atoms with Crippen LogP contribution in [-0.2, 0) is 4.74 Å². The number of carbonyl (C=O) groups is 1. The lowest BCUT2D eigenvalue weighted by atomic mass is 9.87. The Labute approximate surface area is 236 Å². The number of ketones is 1. The van der Waals surface area contributed by atoms with Gasteiger partial charge in [0.2, 0.25) is 0 Å². The van der Waals surface area contributed by atoms with Crippen molar-refractivity contribution >= 4 is 11.9 Å². The molecule has 1 heterocycles. The van der Waals surface area contributed by atoms with Crippen molar-refractivity contribution in [1.29, 1.82) is 0 Å². The van der Waals surface area contributed by atoms with Gasteiger partial charge in [0.25, 0.3) is 0 Å². The highest BCUT2D eigenvalue weighted by Gasteiger charge is 2.17. The van der Waals surface area contributed by atoms with Gasteiger partial charge >= 0.3 is 0 Å². The van der Waals surface area contributed by atoms with Crippen LogP contribution < -0.4 is 0 Å². The first-order valence-corrected chi connectivity index (χ1v) is 14.9. The van der Waals surface area contributed by atoms with Gasteiger partial charge in [-0.2, -0.15) is 0 Å². The zero-order valence-electron chi connectivity index (χ0n) is 27.3. The van der Waals surface area contributed by atoms with E-state index in [9.17, 15) is 4.79 Å². The van der Waals surface area contributed by atoms with Crippen molar-refractivity contribution in [3.63, 3.8) is 0 Å². The van der Waals surface area contributed by atoms with Crippen LogP contribution in [0.4, 0.5) is 0 Å². The minimum absolute atomic E-state index is 0.0895. The number of allylic oxidation sites excluding steroid dienone is 1. The number of unbranched alkanes of at least 4 members (excludes halogenated alkanes) is 2. The summed E-state index contributed by atoms with van der Waals surface area (Å²) >= 11 is 0. The quantitative estimate of drug-likeness (QED) is 0.213. The lowest BCUT2D eigenvalue weighted by Gasteiger charge is -2.24. The van der Waals surface area contributed by atoms with Gasteiger partial charge in [0, 0.05) is 12.5 Å². The maximum Gasteiger partial charge on any atom is 0.182 e. The van der Waals surface area contributed by atoms with Gasteiger partial charge in [-0.25, -0.2) is 4.98 Å². The molecule has 38 heavy (non-hydrogen) atoms. The van der Waals surface area contributed by atoms with E-state index >= 15 is 0 Å². The zero-order chi connectivity index (χ0) is 29.9. The first-order chi connectivity index (χ1) is 17.5. The van der Waals surface area contributed by atoms with Crippen molar-refractivity contribution in [2.24, 2.45) is 11.3 Å². The van der Waals surface area contributed by atoms with Gasteiger partial charge in [-0.15, -0.1) is 0 Å². The van der Waals surface area contributed by atoms with E-state index in [0.29, 0.717) is 18.0 Å². The number of rotatable bonds is 12. The molecule has 1 aromatic rings. The average molecular weight is 535 g/mol. The fourth-order valence-corrected chi connectivity index (χ4v) is 3.12. The molecule has 5 heteroatoms. The van der Waals surface area contributed by atoms with Gasteiger partial charge in [-0.1, -0.05) is 72.8 Å². The van der Waals surface area contributed by atoms with Gasteiger partial charge in [0.1, 0.15) is 5.69 Å². The highest BCUT2D eigenvalue weighted by molar-refractivity contribution is 5.94. The predicted octanol–water partition coefficient (Wildman–Crippen LogP) is 9.40. The molecule has 0 spiro atoms. The summed E-state index contributed by atoms with van der Waals surface area (Å²) in [4.78, 5) is 21.6. The maximum absolute atomic E-state index is 12.6. The molecule has 0 bridgehead atoms. The number of hydrogen-bond donors (Lipinski definition) is 1. The lowest BCUT2D eigenvalue weighted by Crippen LogP contribution is -2.23. The molecule has 0 radical (unpaired) electrons. The summed E-state index contributed by atoms with van der Waals surface area (Å²) in [6.45, 7) is 27.7. The van der Waals surface area contributed by atoms with Crippen molar-refractivity contribution in [2.45, 2.75) is 153 Å². The Balaban J connectivity index is 0. The van der Waals surface area contributed by atoms with E-state index in [1.54, 1.807) is 20.0 Å². The molecule has 0 saturated carbocycles. The van der Waals surface area contributed by atoms with Crippen LogP contribution in [0, 0.1) is 18.3 Å². The second-order valence-electron chi connectivity index (χ2n) is 12.6. The molecule has 1 atom stereocenters. The number of aliphatic hydroxyl groups is 1. The number of aryl methyl sites for hydroxylation is 1. The van der Waals surface area contributed by atoms with E-state index in [4.69, 9.17) is 9.84 Å². The van der Waals surface area contributed by atoms with Crippen LogP contribution in [0.2, 0.25) is 0 Å². The largest absolute Gasteiger partial charge is 0.394 e. The number of aliphatic hydroxyl groups excluding tert-OH is 1. The molecule has 0 amide bonds. The third kappa shape index (κ3) is 21.4. The van der Waals surface area contributed by atoms with Gasteiger partial charge in [0.05, 0.1) is 29.8 Å². The fraction of sp³-hybridized carbons (Fsp3) is 0.788. The molecule has 0 fully saturated rings. The highest BCUT2D eigenvalue weighted by atomic mass is 16.5. The summed E-state index contributed by atoms with van der Waals surface area (Å²) < 4.78 is 5.97. The zero-order valence-corrected chi connectivity index (χ0v) is 27.3. The molecule has 1 rings (SSSR count). The van der Waals surface area contributed by atoms with Gasteiger partial charge in [0.15, 0.2) is 5.78 Å². The minimum atomic E-state index is -0.167. The molecule has 1 N–H and O–H groups in total. The van der Waals surface area contributed by atoms with Crippen molar-refractivity contribution in [2.75, 3.05) is 6.61 Å². The molecule has 1 aromatic heterocycles. The summed E-state index contributed by atoms with van der Waals surface area (Å²) in [5, 5.41) is 8.06. The van der Waals surface area contributed by atoms with Crippen LogP contribution in [0.1, 0.15) is 156 Å². The number of nitrogens with zero attached hydrogens (tertiary/aromatic N) is 2. The number of hydrogen-bond acceptors (Lipinski definition) is 5. The highest BCUT2D eigenvalue weighted by Crippen LogP contribution is 2.26. The van der Waals surface area contributed by atoms with E-state index in [2.05, 4.69) is 85.3 Å². The van der Waals surface area contributed by atoms with E-state index in [0.717, 1.165) is 37.3 Å². The van der Waals surface area contributed by atoms with Gasteiger partial charge < -0.3 is 9.84 Å². The second kappa shape index (κ2) is 20.3. The SMILES string of the molecule is CC(C)O.CCCC.CCCC(CCCCC(=O)c1cnc(/C=C(\C)C(C)(C)C)c(C)n1)COC(C)(C)C. The fourth-order valence-electron chi connectivity index (χ4n) is 3.12. The molecule has 0 saturated heterocycles. The third-order valence-corrected chi connectivity index (χ3v) is 6.02. The van der Waals surface area contributed by atoms with Gasteiger partial charge in [-0.05, 0) is 85.1 Å². The molecule has 1 unspecified atom stereocenters. The molecule has 222 valence electrons. The predicted molar refractivity (Wildman–Crippen MR) is 165 cm³/mol. The second-order valence-corrected chi connectivity index (χ2v) is 12.6. The Kier molecular flexibility index (Phi) is 20.6. The number of aromatic nitrogens is 2. The Morgan fingerprint density at radius 3 is 1.97 bits per heavy atom. The lowest BCUT2D eigenvalue weighted by molar-refractivity contribution is -0.0252. The summed E-state index contributed by atoms with van der Waals surface area (Å²) in [5.41, 5.74) is 3.39. The van der Waals surface area contributed by atoms with Crippen molar-refractivity contribution in [3.8, 4) is 0 Å². The summed E-state index contributed by atoms with van der Waals surface area (Å²) in [7, 11) is 0. The topological polar surface area (TPSA) is 72.3 Å². The molecule has 0 aliphatic carbocycles. The average Bonchev–Trinajstić information content (AvgIpc) is 2.79. The summed E-state index contributed by atoms with van der Waals surface area (Å²) in [6, 6.07) is 0. The number of ether oxygens (including phenoxy) is 1. The van der Waals surface area contributed by atoms with Crippen LogP contribution in [-0.4, -0.2) is 39.2 Å². The van der Waals surface area contributed by atoms with Crippen molar-refractivity contribution in [3.05, 3.63) is 28.9 Å². The Hall–Kier alpha value is -1.59. The smallest absolute Gasteiger partial charge is 0.182 e. The maximum atomic E-state index is 12.6. The Bertz CT molecular complexity index is 782. The van der Waals surface area contributed by atoms with E-state index < -0.39 is 0 Å². The monoisotopic (exact) mass is 534 g/mol. The standard InChI is InChI=1S/C26H44N2O2.C4H10.C3H8O/c1-10-13-21(18-30-26(7,8)9)14-11-12-15-24(29)23-17-27-22(20(3)28-23)16-19(2)25(4,5)6;1-3-4-2;1-3(2)4/h16-17,21H,10-15,18H2,1-9H3;3-4H2,1-2H3;3-4H,1-2H3/b19-16+;;. The first kappa shape index (κ1) is 38.6. The van der Waals surface area contributed by atoms with Crippen molar-refractivity contribution < 1.29 is 14.6 Å². The summed E-state index contributed by atoms with van der Waals surface area (Å²) in [6.07, 6.45) is 12.1. The van der Waals surface area contributed by atoms with Crippen molar-refractivity contribution in [1.82, 2.24) is 9.97 Å². The molecule has 0 aromatic carbocycles. The van der Waals surface area contributed by atoms with Crippen LogP contribution in [0.3, 0.4) is 0 Å². The number of carbonyl (C=O) groups excluding carboxylic acids is 1. The van der Waals surface area contributed by atoms with Crippen LogP contribution in [0.25, 0.3) is 6.08 Å². The van der Waals surface area contributed by atoms with Gasteiger partial charge in [-0.3, -0.25) is 9.78 Å². The summed E-state index contributed by atoms with van der Waals surface area (Å²) in [5.74, 6) is 0.662. The molecule has 0 aliphatic heterocycles. The molecule has 5 nitrogen and oxygen atoms in total. The Morgan fingerprint density at radius 1 is 1.00 bits per heavy atom. The molecule has 0 aliphatic rings. The Morgan fingerprint density at radius 2 is 1.55 bits per heavy atom. The van der Waals surface area contributed by atoms with Crippen LogP contribution >= 0.6 is 0 Å². The van der Waals surface area contributed by atoms with Crippen LogP contribution in [0.5, 0.6) is 0 Å². The first-order valence-electron chi connectivity index (χ1n) is 14.9. The van der Waals surface area contributed by atoms with E-state index in [1.165, 1.54) is 31.3 Å².